The maximum atomic E-state index is 12.6. The molecule has 170 valence electrons. The van der Waals surface area contributed by atoms with Gasteiger partial charge in [0.1, 0.15) is 12.2 Å². The molecular formula is C17H25F3N3O6P. The van der Waals surface area contributed by atoms with Gasteiger partial charge in [-0.3, -0.25) is 19.1 Å². The number of aromatic amines is 1. The molecule has 4 atom stereocenters. The second-order valence-corrected chi connectivity index (χ2v) is 12.3. The van der Waals surface area contributed by atoms with Crippen molar-refractivity contribution in [1.29, 1.82) is 0 Å². The normalized spacial score (nSPS) is 24.8. The highest BCUT2D eigenvalue weighted by molar-refractivity contribution is 7.72. The minimum absolute atomic E-state index is 0.281. The summed E-state index contributed by atoms with van der Waals surface area (Å²) in [5.74, 6) is -2.16. The number of hydrogen-bond donors (Lipinski definition) is 3. The van der Waals surface area contributed by atoms with Gasteiger partial charge in [0.25, 0.3) is 5.56 Å². The van der Waals surface area contributed by atoms with E-state index in [0.717, 1.165) is 17.8 Å². The third-order valence-corrected chi connectivity index (χ3v) is 6.14. The Morgan fingerprint density at radius 3 is 2.47 bits per heavy atom. The van der Waals surface area contributed by atoms with Crippen LogP contribution in [0.1, 0.15) is 18.2 Å². The van der Waals surface area contributed by atoms with Gasteiger partial charge in [0.15, 0.2) is 6.23 Å². The molecule has 1 fully saturated rings. The first-order chi connectivity index (χ1) is 13.6. The summed E-state index contributed by atoms with van der Waals surface area (Å²) in [4.78, 5) is 37.7. The highest BCUT2D eigenvalue weighted by atomic mass is 31.2. The van der Waals surface area contributed by atoms with Crippen LogP contribution in [0.2, 0.25) is 0 Å². The minimum atomic E-state index is -5.12. The fourth-order valence-corrected chi connectivity index (χ4v) is 4.00. The zero-order valence-electron chi connectivity index (χ0n) is 16.7. The number of aliphatic hydroxyl groups is 2. The molecule has 1 aliphatic heterocycles. The summed E-state index contributed by atoms with van der Waals surface area (Å²) in [6.45, 7) is 1.80. The molecule has 1 aliphatic rings. The van der Waals surface area contributed by atoms with Gasteiger partial charge >= 0.3 is 17.8 Å². The molecular weight excluding hydrogens is 430 g/mol. The highest BCUT2D eigenvalue weighted by Crippen LogP contribution is 2.39. The number of carbonyl (C=O) groups is 1. The molecule has 1 saturated heterocycles. The molecule has 0 aliphatic carbocycles. The van der Waals surface area contributed by atoms with Crippen molar-refractivity contribution in [3.05, 3.63) is 32.6 Å². The summed E-state index contributed by atoms with van der Waals surface area (Å²) < 4.78 is 44.1. The first kappa shape index (κ1) is 24.4. The second kappa shape index (κ2) is 8.70. The van der Waals surface area contributed by atoms with Gasteiger partial charge < -0.3 is 19.8 Å². The smallest absolute Gasteiger partial charge is 0.388 e. The van der Waals surface area contributed by atoms with Crippen LogP contribution in [0.25, 0.3) is 0 Å². The number of aromatic nitrogens is 2. The van der Waals surface area contributed by atoms with Crippen molar-refractivity contribution in [1.82, 2.24) is 14.5 Å². The van der Waals surface area contributed by atoms with Crippen molar-refractivity contribution >= 4 is 19.1 Å². The number of nitrogens with one attached hydrogen (secondary N) is 1. The van der Waals surface area contributed by atoms with Crippen LogP contribution in [0.15, 0.2) is 15.8 Å². The molecule has 0 spiro atoms. The zero-order chi connectivity index (χ0) is 23.0. The third kappa shape index (κ3) is 5.63. The van der Waals surface area contributed by atoms with Gasteiger partial charge in [-0.15, -0.1) is 13.2 Å². The number of rotatable bonds is 6. The van der Waals surface area contributed by atoms with Gasteiger partial charge in [-0.25, -0.2) is 4.79 Å². The lowest BCUT2D eigenvalue weighted by atomic mass is 10.1. The van der Waals surface area contributed by atoms with Crippen LogP contribution >= 0.6 is 6.89 Å². The summed E-state index contributed by atoms with van der Waals surface area (Å²) in [5, 5.41) is 20.6. The van der Waals surface area contributed by atoms with Crippen molar-refractivity contribution in [2.75, 3.05) is 26.5 Å². The van der Waals surface area contributed by atoms with Crippen molar-refractivity contribution in [2.24, 2.45) is 0 Å². The maximum Gasteiger partial charge on any atom is 0.471 e. The van der Waals surface area contributed by atoms with Gasteiger partial charge in [0.2, 0.25) is 0 Å². The van der Waals surface area contributed by atoms with E-state index < -0.39 is 61.3 Å². The van der Waals surface area contributed by atoms with Gasteiger partial charge in [-0.05, 0) is 25.9 Å². The highest BCUT2D eigenvalue weighted by Gasteiger charge is 2.44. The summed E-state index contributed by atoms with van der Waals surface area (Å²) in [6, 6.07) is 0. The Bertz CT molecular complexity index is 953. The third-order valence-electron chi connectivity index (χ3n) is 4.67. The first-order valence-corrected chi connectivity index (χ1v) is 12.0. The summed E-state index contributed by atoms with van der Waals surface area (Å²) in [5.41, 5.74) is -2.28. The number of hydrogen-bond acceptors (Lipinski definition) is 6. The summed E-state index contributed by atoms with van der Waals surface area (Å²) >= 11 is 0. The van der Waals surface area contributed by atoms with E-state index in [1.807, 2.05) is 18.3 Å². The van der Waals surface area contributed by atoms with Crippen LogP contribution in [-0.2, 0) is 16.1 Å². The molecule has 9 nitrogen and oxygen atoms in total. The topological polar surface area (TPSA) is 125 Å². The second-order valence-electron chi connectivity index (χ2n) is 7.97. The van der Waals surface area contributed by atoms with Crippen molar-refractivity contribution in [3.8, 4) is 0 Å². The standard InChI is InChI=1S/C17H25F3N3O6P/c1-22(15(27)17(18,19)20)7-9-8-23(16(28)21-13(9)26)14-12(25)11(24)10(29-14)5-6-30(2,3)4/h8,10-12,14,24-25H,2,5-7H2,1,3-4H3,(H,21,26,28)/t10-,11-,12-,14?/m1/s1. The van der Waals surface area contributed by atoms with E-state index in [1.54, 1.807) is 0 Å². The molecule has 3 N–H and O–H groups in total. The monoisotopic (exact) mass is 455 g/mol. The average Bonchev–Trinajstić information content (AvgIpc) is 2.88. The number of amides is 1. The van der Waals surface area contributed by atoms with Gasteiger partial charge in [0, 0.05) is 13.2 Å². The Labute approximate surface area is 170 Å². The van der Waals surface area contributed by atoms with E-state index >= 15 is 0 Å². The van der Waals surface area contributed by atoms with Crippen LogP contribution in [-0.4, -0.2) is 87.9 Å². The van der Waals surface area contributed by atoms with Crippen molar-refractivity contribution in [2.45, 2.75) is 43.7 Å². The molecule has 1 unspecified atom stereocenters. The Balaban J connectivity index is 2.29. The Morgan fingerprint density at radius 2 is 1.93 bits per heavy atom. The number of ether oxygens (including phenoxy) is 1. The van der Waals surface area contributed by atoms with Crippen LogP contribution < -0.4 is 11.2 Å². The zero-order valence-corrected chi connectivity index (χ0v) is 17.6. The Kier molecular flexibility index (Phi) is 7.07. The molecule has 30 heavy (non-hydrogen) atoms. The van der Waals surface area contributed by atoms with E-state index in [9.17, 15) is 37.8 Å². The molecule has 1 aromatic heterocycles. The van der Waals surface area contributed by atoms with Gasteiger partial charge in [-0.2, -0.15) is 13.2 Å². The van der Waals surface area contributed by atoms with E-state index in [-0.39, 0.29) is 10.5 Å². The first-order valence-electron chi connectivity index (χ1n) is 8.97. The Hall–Kier alpha value is -1.88. The predicted octanol–water partition coefficient (Wildman–Crippen LogP) is -0.224. The van der Waals surface area contributed by atoms with Crippen LogP contribution in [0.3, 0.4) is 0 Å². The number of halogens is 3. The number of alkyl halides is 3. The summed E-state index contributed by atoms with van der Waals surface area (Å²) in [7, 11) is 0.856. The minimum Gasteiger partial charge on any atom is -0.388 e. The van der Waals surface area contributed by atoms with E-state index in [2.05, 4.69) is 6.30 Å². The van der Waals surface area contributed by atoms with Gasteiger partial charge in [0.05, 0.1) is 18.2 Å². The van der Waals surface area contributed by atoms with Crippen molar-refractivity contribution in [3.63, 3.8) is 0 Å². The molecule has 0 radical (unpaired) electrons. The van der Waals surface area contributed by atoms with Crippen LogP contribution in [0, 0.1) is 0 Å². The summed E-state index contributed by atoms with van der Waals surface area (Å²) in [6.07, 6.45) is -4.07. The quantitative estimate of drug-likeness (QED) is 0.510. The Morgan fingerprint density at radius 1 is 1.33 bits per heavy atom. The molecule has 0 bridgehead atoms. The number of aliphatic hydroxyl groups excluding tert-OH is 2. The molecule has 1 aromatic rings. The molecule has 2 heterocycles. The molecule has 13 heteroatoms. The fraction of sp³-hybridized carbons (Fsp3) is 0.647. The largest absolute Gasteiger partial charge is 0.471 e. The lowest BCUT2D eigenvalue weighted by molar-refractivity contribution is -0.184. The van der Waals surface area contributed by atoms with Crippen LogP contribution in [0.5, 0.6) is 0 Å². The lowest BCUT2D eigenvalue weighted by Gasteiger charge is -2.21. The molecule has 1 amide bonds. The fourth-order valence-electron chi connectivity index (χ4n) is 3.05. The number of nitrogens with zero attached hydrogens (tertiary/aromatic N) is 2. The van der Waals surface area contributed by atoms with Crippen LogP contribution in [0.4, 0.5) is 13.2 Å². The lowest BCUT2D eigenvalue weighted by Crippen LogP contribution is -2.42. The molecule has 2 rings (SSSR count). The number of H-pyrrole nitrogens is 1. The maximum absolute atomic E-state index is 12.6. The van der Waals surface area contributed by atoms with Gasteiger partial charge in [-0.1, -0.05) is 0 Å². The van der Waals surface area contributed by atoms with E-state index in [0.29, 0.717) is 12.6 Å². The van der Waals surface area contributed by atoms with E-state index in [4.69, 9.17) is 4.74 Å². The average molecular weight is 455 g/mol. The number of carbonyl (C=O) groups excluding carboxylic acids is 1. The van der Waals surface area contributed by atoms with Crippen molar-refractivity contribution < 1.29 is 32.9 Å². The SMILES string of the molecule is C=P(C)(C)CC[C@H]1OC(n2cc(CN(C)C(=O)C(F)(F)F)c(=O)[nH]c2=O)[C@H](O)[C@@H]1O. The van der Waals surface area contributed by atoms with E-state index in [1.165, 1.54) is 0 Å². The molecule has 0 saturated carbocycles. The predicted molar refractivity (Wildman–Crippen MR) is 105 cm³/mol. The molecule has 0 aromatic carbocycles.